The fourth-order valence-electron chi connectivity index (χ4n) is 3.20. The summed E-state index contributed by atoms with van der Waals surface area (Å²) in [5, 5.41) is 11.6. The molecular formula is C14H19N5. The van der Waals surface area contributed by atoms with Crippen molar-refractivity contribution in [3.05, 3.63) is 29.2 Å². The molecule has 0 spiro atoms. The first kappa shape index (κ1) is 11.4. The lowest BCUT2D eigenvalue weighted by molar-refractivity contribution is 0.451. The SMILES string of the molecule is c1nc2cc(C3CCNCC3)nn2c2c1CNCC2. The van der Waals surface area contributed by atoms with Gasteiger partial charge in [0.25, 0.3) is 0 Å². The van der Waals surface area contributed by atoms with E-state index in [4.69, 9.17) is 5.10 Å². The molecule has 2 aromatic heterocycles. The van der Waals surface area contributed by atoms with Crippen LogP contribution in [-0.4, -0.2) is 34.2 Å². The zero-order chi connectivity index (χ0) is 12.7. The van der Waals surface area contributed by atoms with Gasteiger partial charge in [-0.25, -0.2) is 9.50 Å². The summed E-state index contributed by atoms with van der Waals surface area (Å²) in [4.78, 5) is 4.55. The number of hydrogen-bond donors (Lipinski definition) is 2. The monoisotopic (exact) mass is 257 g/mol. The molecule has 0 aliphatic carbocycles. The molecule has 5 heteroatoms. The molecule has 2 aliphatic rings. The van der Waals surface area contributed by atoms with Crippen LogP contribution in [-0.2, 0) is 13.0 Å². The molecule has 0 amide bonds. The van der Waals surface area contributed by atoms with E-state index in [0.29, 0.717) is 5.92 Å². The Balaban J connectivity index is 1.78. The van der Waals surface area contributed by atoms with E-state index < -0.39 is 0 Å². The van der Waals surface area contributed by atoms with Gasteiger partial charge in [0.05, 0.1) is 11.4 Å². The Kier molecular flexibility index (Phi) is 2.74. The molecule has 0 unspecified atom stereocenters. The summed E-state index contributed by atoms with van der Waals surface area (Å²) in [5.74, 6) is 0.598. The smallest absolute Gasteiger partial charge is 0.155 e. The lowest BCUT2D eigenvalue weighted by Gasteiger charge is -2.20. The minimum atomic E-state index is 0.598. The van der Waals surface area contributed by atoms with Crippen LogP contribution in [0.1, 0.15) is 35.7 Å². The molecule has 1 fully saturated rings. The summed E-state index contributed by atoms with van der Waals surface area (Å²) in [7, 11) is 0. The second-order valence-electron chi connectivity index (χ2n) is 5.52. The minimum Gasteiger partial charge on any atom is -0.317 e. The minimum absolute atomic E-state index is 0.598. The fraction of sp³-hybridized carbons (Fsp3) is 0.571. The molecule has 0 atom stereocenters. The average molecular weight is 257 g/mol. The van der Waals surface area contributed by atoms with Crippen LogP contribution in [0.2, 0.25) is 0 Å². The zero-order valence-electron chi connectivity index (χ0n) is 11.0. The maximum absolute atomic E-state index is 4.85. The van der Waals surface area contributed by atoms with Gasteiger partial charge < -0.3 is 10.6 Å². The summed E-state index contributed by atoms with van der Waals surface area (Å²) in [6.45, 7) is 4.16. The second-order valence-corrected chi connectivity index (χ2v) is 5.52. The van der Waals surface area contributed by atoms with E-state index in [0.717, 1.165) is 38.2 Å². The molecule has 0 bridgehead atoms. The molecule has 19 heavy (non-hydrogen) atoms. The lowest BCUT2D eigenvalue weighted by Crippen LogP contribution is -2.27. The van der Waals surface area contributed by atoms with Crippen molar-refractivity contribution >= 4 is 5.65 Å². The summed E-state index contributed by atoms with van der Waals surface area (Å²) in [6, 6.07) is 2.18. The Labute approximate surface area is 112 Å². The van der Waals surface area contributed by atoms with Crippen molar-refractivity contribution < 1.29 is 0 Å². The van der Waals surface area contributed by atoms with Gasteiger partial charge in [-0.3, -0.25) is 0 Å². The van der Waals surface area contributed by atoms with Gasteiger partial charge in [0.15, 0.2) is 5.65 Å². The number of rotatable bonds is 1. The van der Waals surface area contributed by atoms with Crippen LogP contribution in [0.25, 0.3) is 5.65 Å². The normalized spacial score (nSPS) is 20.6. The van der Waals surface area contributed by atoms with Gasteiger partial charge >= 0.3 is 0 Å². The molecule has 0 saturated carbocycles. The highest BCUT2D eigenvalue weighted by molar-refractivity contribution is 5.43. The van der Waals surface area contributed by atoms with Crippen molar-refractivity contribution in [2.24, 2.45) is 0 Å². The number of piperidine rings is 1. The number of nitrogens with zero attached hydrogens (tertiary/aromatic N) is 3. The number of hydrogen-bond acceptors (Lipinski definition) is 4. The van der Waals surface area contributed by atoms with Gasteiger partial charge in [-0.2, -0.15) is 5.10 Å². The number of aromatic nitrogens is 3. The Bertz CT molecular complexity index is 597. The first-order chi connectivity index (χ1) is 9.42. The van der Waals surface area contributed by atoms with Crippen LogP contribution < -0.4 is 10.6 Å². The van der Waals surface area contributed by atoms with Gasteiger partial charge in [-0.15, -0.1) is 0 Å². The molecule has 0 aromatic carbocycles. The fourth-order valence-corrected chi connectivity index (χ4v) is 3.20. The maximum atomic E-state index is 4.85. The van der Waals surface area contributed by atoms with Gasteiger partial charge in [0.1, 0.15) is 0 Å². The van der Waals surface area contributed by atoms with Gasteiger partial charge in [-0.1, -0.05) is 0 Å². The van der Waals surface area contributed by atoms with Crippen molar-refractivity contribution in [2.45, 2.75) is 31.7 Å². The molecule has 2 aliphatic heterocycles. The number of fused-ring (bicyclic) bond motifs is 3. The predicted octanol–water partition coefficient (Wildman–Crippen LogP) is 0.842. The largest absolute Gasteiger partial charge is 0.317 e. The second kappa shape index (κ2) is 4.58. The van der Waals surface area contributed by atoms with Crippen LogP contribution in [0.15, 0.2) is 12.3 Å². The maximum Gasteiger partial charge on any atom is 0.155 e. The van der Waals surface area contributed by atoms with E-state index in [-0.39, 0.29) is 0 Å². The molecule has 4 rings (SSSR count). The van der Waals surface area contributed by atoms with E-state index in [1.165, 1.54) is 29.8 Å². The van der Waals surface area contributed by atoms with E-state index in [1.54, 1.807) is 0 Å². The highest BCUT2D eigenvalue weighted by atomic mass is 15.3. The van der Waals surface area contributed by atoms with Crippen molar-refractivity contribution in [3.63, 3.8) is 0 Å². The highest BCUT2D eigenvalue weighted by Crippen LogP contribution is 2.25. The van der Waals surface area contributed by atoms with Crippen LogP contribution in [0.4, 0.5) is 0 Å². The van der Waals surface area contributed by atoms with Crippen LogP contribution in [0, 0.1) is 0 Å². The quantitative estimate of drug-likeness (QED) is 0.795. The van der Waals surface area contributed by atoms with Crippen LogP contribution >= 0.6 is 0 Å². The lowest BCUT2D eigenvalue weighted by atomic mass is 9.95. The van der Waals surface area contributed by atoms with E-state index in [9.17, 15) is 0 Å². The third-order valence-electron chi connectivity index (χ3n) is 4.30. The predicted molar refractivity (Wildman–Crippen MR) is 73.2 cm³/mol. The molecule has 4 heterocycles. The Morgan fingerprint density at radius 3 is 2.95 bits per heavy atom. The standard InChI is InChI=1S/C14H19N5/c1-4-15-5-2-10(1)12-7-14-17-9-11-8-16-6-3-13(11)19(14)18-12/h7,9-10,15-16H,1-6,8H2. The first-order valence-electron chi connectivity index (χ1n) is 7.20. The Morgan fingerprint density at radius 2 is 2.05 bits per heavy atom. The van der Waals surface area contributed by atoms with E-state index in [2.05, 4.69) is 26.2 Å². The molecule has 1 saturated heterocycles. The van der Waals surface area contributed by atoms with Gasteiger partial charge in [0.2, 0.25) is 0 Å². The van der Waals surface area contributed by atoms with Crippen molar-refractivity contribution in [2.75, 3.05) is 19.6 Å². The molecule has 2 N–H and O–H groups in total. The molecular weight excluding hydrogens is 238 g/mol. The molecule has 5 nitrogen and oxygen atoms in total. The summed E-state index contributed by atoms with van der Waals surface area (Å²) >= 11 is 0. The topological polar surface area (TPSA) is 54.2 Å². The first-order valence-corrected chi connectivity index (χ1v) is 7.20. The summed E-state index contributed by atoms with van der Waals surface area (Å²) in [6.07, 6.45) is 5.42. The van der Waals surface area contributed by atoms with Crippen molar-refractivity contribution in [3.8, 4) is 0 Å². The molecule has 0 radical (unpaired) electrons. The summed E-state index contributed by atoms with van der Waals surface area (Å²) in [5.41, 5.74) is 4.86. The third kappa shape index (κ3) is 1.93. The van der Waals surface area contributed by atoms with E-state index >= 15 is 0 Å². The van der Waals surface area contributed by atoms with E-state index in [1.807, 2.05) is 6.20 Å². The van der Waals surface area contributed by atoms with Crippen LogP contribution in [0.3, 0.4) is 0 Å². The Morgan fingerprint density at radius 1 is 1.16 bits per heavy atom. The highest BCUT2D eigenvalue weighted by Gasteiger charge is 2.20. The van der Waals surface area contributed by atoms with Gasteiger partial charge in [-0.05, 0) is 25.9 Å². The summed E-state index contributed by atoms with van der Waals surface area (Å²) < 4.78 is 2.08. The molecule has 100 valence electrons. The molecule has 2 aromatic rings. The van der Waals surface area contributed by atoms with Crippen LogP contribution in [0.5, 0.6) is 0 Å². The zero-order valence-corrected chi connectivity index (χ0v) is 11.0. The third-order valence-corrected chi connectivity index (χ3v) is 4.30. The number of nitrogens with one attached hydrogen (secondary N) is 2. The Hall–Kier alpha value is -1.46. The average Bonchev–Trinajstić information content (AvgIpc) is 2.93. The van der Waals surface area contributed by atoms with Crippen molar-refractivity contribution in [1.29, 1.82) is 0 Å². The van der Waals surface area contributed by atoms with Gasteiger partial charge in [0, 0.05) is 43.3 Å². The van der Waals surface area contributed by atoms with Crippen molar-refractivity contribution in [1.82, 2.24) is 25.2 Å².